The molecular weight excluding hydrogens is 134 g/mol. The van der Waals surface area contributed by atoms with Gasteiger partial charge in [0.25, 0.3) is 0 Å². The lowest BCUT2D eigenvalue weighted by Gasteiger charge is -1.96. The first-order valence-corrected chi connectivity index (χ1v) is 3.52. The van der Waals surface area contributed by atoms with Crippen molar-refractivity contribution in [3.05, 3.63) is 0 Å². The first-order valence-electron chi connectivity index (χ1n) is 3.12. The summed E-state index contributed by atoms with van der Waals surface area (Å²) in [5.74, 6) is 0.0810. The standard InChI is InChI=1S/C6H9NOS/c8-5-3-1-2-4-6(9)7-5/h1-4H2,(H,7,8,9). The number of hydrogen-bond donors (Lipinski definition) is 1. The quantitative estimate of drug-likeness (QED) is 0.513. The molecule has 1 saturated heterocycles. The molecule has 1 aliphatic rings. The predicted molar refractivity (Wildman–Crippen MR) is 39.2 cm³/mol. The van der Waals surface area contributed by atoms with Crippen LogP contribution in [-0.2, 0) is 4.79 Å². The van der Waals surface area contributed by atoms with Crippen LogP contribution in [0.1, 0.15) is 25.7 Å². The van der Waals surface area contributed by atoms with Gasteiger partial charge in [-0.1, -0.05) is 12.2 Å². The van der Waals surface area contributed by atoms with Crippen molar-refractivity contribution in [2.45, 2.75) is 25.7 Å². The van der Waals surface area contributed by atoms with Gasteiger partial charge in [0.05, 0.1) is 4.99 Å². The number of carbonyl (C=O) groups is 1. The van der Waals surface area contributed by atoms with Crippen molar-refractivity contribution in [1.82, 2.24) is 5.32 Å². The monoisotopic (exact) mass is 143 g/mol. The number of rotatable bonds is 0. The summed E-state index contributed by atoms with van der Waals surface area (Å²) in [5, 5.41) is 2.63. The zero-order valence-corrected chi connectivity index (χ0v) is 5.96. The average molecular weight is 143 g/mol. The number of nitrogens with one attached hydrogen (secondary N) is 1. The molecule has 2 nitrogen and oxygen atoms in total. The minimum Gasteiger partial charge on any atom is -0.320 e. The van der Waals surface area contributed by atoms with E-state index in [1.54, 1.807) is 0 Å². The lowest BCUT2D eigenvalue weighted by molar-refractivity contribution is -0.119. The number of thiocarbonyl (C=S) groups is 1. The van der Waals surface area contributed by atoms with E-state index in [0.717, 1.165) is 19.3 Å². The van der Waals surface area contributed by atoms with Gasteiger partial charge in [-0.25, -0.2) is 0 Å². The van der Waals surface area contributed by atoms with Crippen molar-refractivity contribution in [1.29, 1.82) is 0 Å². The molecule has 0 radical (unpaired) electrons. The third kappa shape index (κ3) is 2.10. The van der Waals surface area contributed by atoms with Crippen molar-refractivity contribution in [2.75, 3.05) is 0 Å². The van der Waals surface area contributed by atoms with E-state index >= 15 is 0 Å². The molecule has 0 spiro atoms. The van der Waals surface area contributed by atoms with Crippen LogP contribution in [0.15, 0.2) is 0 Å². The summed E-state index contributed by atoms with van der Waals surface area (Å²) in [6.07, 6.45) is 3.55. The summed E-state index contributed by atoms with van der Waals surface area (Å²) in [4.78, 5) is 11.4. The zero-order chi connectivity index (χ0) is 6.69. The fourth-order valence-electron chi connectivity index (χ4n) is 0.852. The third-order valence-corrected chi connectivity index (χ3v) is 1.64. The van der Waals surface area contributed by atoms with Crippen LogP contribution in [0, 0.1) is 0 Å². The predicted octanol–water partition coefficient (Wildman–Crippen LogP) is 1.00. The molecule has 0 bridgehead atoms. The minimum atomic E-state index is 0.0810. The molecule has 1 N–H and O–H groups in total. The van der Waals surface area contributed by atoms with Gasteiger partial charge < -0.3 is 5.32 Å². The van der Waals surface area contributed by atoms with Gasteiger partial charge >= 0.3 is 0 Å². The summed E-state index contributed by atoms with van der Waals surface area (Å²) < 4.78 is 0. The molecule has 1 rings (SSSR count). The molecule has 9 heavy (non-hydrogen) atoms. The summed E-state index contributed by atoms with van der Waals surface area (Å²) in [6, 6.07) is 0. The highest BCUT2D eigenvalue weighted by molar-refractivity contribution is 7.80. The second kappa shape index (κ2) is 2.92. The Morgan fingerprint density at radius 1 is 1.33 bits per heavy atom. The maximum atomic E-state index is 10.7. The summed E-state index contributed by atoms with van der Waals surface area (Å²) in [6.45, 7) is 0. The van der Waals surface area contributed by atoms with Crippen LogP contribution in [0.2, 0.25) is 0 Å². The van der Waals surface area contributed by atoms with Gasteiger partial charge in [0.2, 0.25) is 5.91 Å². The number of amides is 1. The molecule has 3 heteroatoms. The van der Waals surface area contributed by atoms with E-state index in [9.17, 15) is 4.79 Å². The largest absolute Gasteiger partial charge is 0.320 e. The van der Waals surface area contributed by atoms with Crippen molar-refractivity contribution in [3.63, 3.8) is 0 Å². The summed E-state index contributed by atoms with van der Waals surface area (Å²) in [7, 11) is 0. The first-order chi connectivity index (χ1) is 4.29. The molecule has 1 heterocycles. The maximum Gasteiger partial charge on any atom is 0.224 e. The van der Waals surface area contributed by atoms with E-state index in [0.29, 0.717) is 11.4 Å². The Kier molecular flexibility index (Phi) is 2.16. The summed E-state index contributed by atoms with van der Waals surface area (Å²) >= 11 is 4.84. The second-order valence-corrected chi connectivity index (χ2v) is 2.67. The van der Waals surface area contributed by atoms with E-state index in [4.69, 9.17) is 12.2 Å². The molecule has 50 valence electrons. The van der Waals surface area contributed by atoms with Crippen molar-refractivity contribution in [2.24, 2.45) is 0 Å². The molecule has 1 fully saturated rings. The number of carbonyl (C=O) groups excluding carboxylic acids is 1. The van der Waals surface area contributed by atoms with E-state index in [-0.39, 0.29) is 5.91 Å². The zero-order valence-electron chi connectivity index (χ0n) is 5.14. The van der Waals surface area contributed by atoms with E-state index in [1.807, 2.05) is 0 Å². The van der Waals surface area contributed by atoms with Gasteiger partial charge in [-0.05, 0) is 19.3 Å². The molecule has 0 aromatic heterocycles. The highest BCUT2D eigenvalue weighted by Crippen LogP contribution is 2.04. The highest BCUT2D eigenvalue weighted by Gasteiger charge is 2.08. The Hall–Kier alpha value is -0.440. The van der Waals surface area contributed by atoms with Crippen LogP contribution < -0.4 is 5.32 Å². The summed E-state index contributed by atoms with van der Waals surface area (Å²) in [5.41, 5.74) is 0. The molecule has 1 aliphatic heterocycles. The van der Waals surface area contributed by atoms with Gasteiger partial charge in [-0.2, -0.15) is 0 Å². The van der Waals surface area contributed by atoms with Crippen molar-refractivity contribution >= 4 is 23.1 Å². The van der Waals surface area contributed by atoms with Crippen molar-refractivity contribution in [3.8, 4) is 0 Å². The molecule has 0 aromatic rings. The molecule has 0 aromatic carbocycles. The first kappa shape index (κ1) is 6.68. The number of hydrogen-bond acceptors (Lipinski definition) is 2. The van der Waals surface area contributed by atoms with E-state index < -0.39 is 0 Å². The van der Waals surface area contributed by atoms with Crippen LogP contribution >= 0.6 is 12.2 Å². The van der Waals surface area contributed by atoms with E-state index in [2.05, 4.69) is 5.32 Å². The Balaban J connectivity index is 2.47. The van der Waals surface area contributed by atoms with Crippen LogP contribution in [-0.4, -0.2) is 10.9 Å². The topological polar surface area (TPSA) is 29.1 Å². The normalized spacial score (nSPS) is 20.9. The Morgan fingerprint density at radius 2 is 2.00 bits per heavy atom. The molecule has 0 unspecified atom stereocenters. The molecule has 0 aliphatic carbocycles. The van der Waals surface area contributed by atoms with E-state index in [1.165, 1.54) is 0 Å². The Labute approximate surface area is 59.6 Å². The minimum absolute atomic E-state index is 0.0810. The fraction of sp³-hybridized carbons (Fsp3) is 0.667. The molecule has 0 saturated carbocycles. The molecule has 1 amide bonds. The van der Waals surface area contributed by atoms with Crippen molar-refractivity contribution < 1.29 is 4.79 Å². The highest BCUT2D eigenvalue weighted by atomic mass is 32.1. The van der Waals surface area contributed by atoms with Crippen LogP contribution in [0.5, 0.6) is 0 Å². The fourth-order valence-corrected chi connectivity index (χ4v) is 1.11. The van der Waals surface area contributed by atoms with Crippen LogP contribution in [0.3, 0.4) is 0 Å². The maximum absolute atomic E-state index is 10.7. The second-order valence-electron chi connectivity index (χ2n) is 2.18. The Bertz CT molecular complexity index is 128. The van der Waals surface area contributed by atoms with Gasteiger partial charge in [0.15, 0.2) is 0 Å². The molecule has 0 atom stereocenters. The average Bonchev–Trinajstić information content (AvgIpc) is 1.93. The van der Waals surface area contributed by atoms with Crippen LogP contribution in [0.4, 0.5) is 0 Å². The smallest absolute Gasteiger partial charge is 0.224 e. The SMILES string of the molecule is O=C1CCCCC(=S)N1. The van der Waals surface area contributed by atoms with Gasteiger partial charge in [-0.15, -0.1) is 0 Å². The third-order valence-electron chi connectivity index (χ3n) is 1.34. The Morgan fingerprint density at radius 3 is 2.78 bits per heavy atom. The molecular formula is C6H9NOS. The lowest BCUT2D eigenvalue weighted by atomic mass is 10.2. The van der Waals surface area contributed by atoms with Crippen LogP contribution in [0.25, 0.3) is 0 Å². The van der Waals surface area contributed by atoms with Gasteiger partial charge in [0, 0.05) is 6.42 Å². The van der Waals surface area contributed by atoms with Gasteiger partial charge in [0.1, 0.15) is 0 Å². The lowest BCUT2D eigenvalue weighted by Crippen LogP contribution is -2.25. The van der Waals surface area contributed by atoms with Gasteiger partial charge in [-0.3, -0.25) is 4.79 Å².